The van der Waals surface area contributed by atoms with Crippen LogP contribution in [0.2, 0.25) is 5.02 Å². The van der Waals surface area contributed by atoms with Crippen molar-refractivity contribution in [1.29, 1.82) is 0 Å². The van der Waals surface area contributed by atoms with Crippen LogP contribution in [-0.2, 0) is 0 Å². The quantitative estimate of drug-likeness (QED) is 0.609. The van der Waals surface area contributed by atoms with Crippen LogP contribution in [-0.4, -0.2) is 15.4 Å². The van der Waals surface area contributed by atoms with E-state index < -0.39 is 0 Å². The molecule has 0 atom stereocenters. The second-order valence-corrected chi connectivity index (χ2v) is 2.06. The Bertz CT molecular complexity index is 211. The number of pyridine rings is 1. The minimum Gasteiger partial charge on any atom is -0.263 e. The molecule has 2 N–H and O–H groups in total. The largest absolute Gasteiger partial charge is 0.263 e. The highest BCUT2D eigenvalue weighted by Gasteiger charge is 1.97. The molecule has 0 aliphatic rings. The molecular weight excluding hydrogens is 156 g/mol. The van der Waals surface area contributed by atoms with Gasteiger partial charge in [-0.2, -0.15) is 0 Å². The first-order chi connectivity index (χ1) is 4.70. The highest BCUT2D eigenvalue weighted by atomic mass is 35.5. The average molecular weight is 161 g/mol. The first-order valence-electron chi connectivity index (χ1n) is 2.49. The predicted octanol–water partition coefficient (Wildman–Crippen LogP) is 1.32. The van der Waals surface area contributed by atoms with E-state index in [0.29, 0.717) is 5.02 Å². The summed E-state index contributed by atoms with van der Waals surface area (Å²) in [6.07, 6.45) is 1.32. The minimum atomic E-state index is -0.0731. The highest BCUT2D eigenvalue weighted by molar-refractivity contribution is 6.30. The molecule has 0 aliphatic heterocycles. The zero-order chi connectivity index (χ0) is 7.56. The van der Waals surface area contributed by atoms with Crippen LogP contribution in [0.1, 0.15) is 0 Å². The lowest BCUT2D eigenvalue weighted by Gasteiger charge is -2.04. The Morgan fingerprint density at radius 3 is 2.50 bits per heavy atom. The van der Waals surface area contributed by atoms with Crippen molar-refractivity contribution in [3.8, 4) is 0 Å². The monoisotopic (exact) mass is 160 g/mol. The molecule has 1 aromatic rings. The molecule has 5 heteroatoms. The maximum Gasteiger partial charge on any atom is 0.183 e. The smallest absolute Gasteiger partial charge is 0.183 e. The molecule has 1 heterocycles. The molecule has 1 rings (SSSR count). The van der Waals surface area contributed by atoms with Crippen molar-refractivity contribution >= 4 is 17.4 Å². The van der Waals surface area contributed by atoms with E-state index >= 15 is 0 Å². The first-order valence-corrected chi connectivity index (χ1v) is 2.87. The zero-order valence-corrected chi connectivity index (χ0v) is 5.65. The summed E-state index contributed by atoms with van der Waals surface area (Å²) in [4.78, 5) is 3.57. The Kier molecular flexibility index (Phi) is 2.06. The highest BCUT2D eigenvalue weighted by Crippen LogP contribution is 2.10. The van der Waals surface area contributed by atoms with E-state index in [1.54, 1.807) is 0 Å². The standard InChI is InChI=1S/C5H5ClN2O2/c6-4-1-2-5(7-3-4)8(9)10/h1-3,9-10H. The van der Waals surface area contributed by atoms with Gasteiger partial charge in [0.05, 0.1) is 5.02 Å². The lowest BCUT2D eigenvalue weighted by molar-refractivity contribution is 0.0268. The molecule has 54 valence electrons. The summed E-state index contributed by atoms with van der Waals surface area (Å²) in [5.41, 5.74) is 0. The Hall–Kier alpha value is -0.840. The summed E-state index contributed by atoms with van der Waals surface area (Å²) in [7, 11) is 0. The third-order valence-electron chi connectivity index (χ3n) is 0.917. The summed E-state index contributed by atoms with van der Waals surface area (Å²) in [5, 5.41) is 17.2. The number of nitrogens with zero attached hydrogens (tertiary/aromatic N) is 2. The normalized spacial score (nSPS) is 9.50. The van der Waals surface area contributed by atoms with E-state index in [9.17, 15) is 0 Å². The molecule has 0 saturated carbocycles. The molecule has 0 unspecified atom stereocenters. The number of anilines is 1. The Morgan fingerprint density at radius 2 is 2.10 bits per heavy atom. The summed E-state index contributed by atoms with van der Waals surface area (Å²) < 4.78 is 0. The van der Waals surface area contributed by atoms with E-state index in [0.717, 1.165) is 0 Å². The van der Waals surface area contributed by atoms with Crippen LogP contribution in [0.3, 0.4) is 0 Å². The van der Waals surface area contributed by atoms with Crippen LogP contribution >= 0.6 is 11.6 Å². The third kappa shape index (κ3) is 1.57. The summed E-state index contributed by atoms with van der Waals surface area (Å²) in [6, 6.07) is 2.88. The average Bonchev–Trinajstić information content (AvgIpc) is 1.88. The summed E-state index contributed by atoms with van der Waals surface area (Å²) in [5.74, 6) is 0.0319. The predicted molar refractivity (Wildman–Crippen MR) is 35.3 cm³/mol. The van der Waals surface area contributed by atoms with Crippen LogP contribution in [0.5, 0.6) is 0 Å². The third-order valence-corrected chi connectivity index (χ3v) is 1.14. The van der Waals surface area contributed by atoms with Gasteiger partial charge in [0.15, 0.2) is 5.82 Å². The van der Waals surface area contributed by atoms with Gasteiger partial charge in [-0.15, -0.1) is 5.23 Å². The molecular formula is C5H5ClN2O2. The lowest BCUT2D eigenvalue weighted by atomic mass is 10.5. The van der Waals surface area contributed by atoms with Gasteiger partial charge in [-0.25, -0.2) is 4.98 Å². The van der Waals surface area contributed by atoms with Crippen LogP contribution in [0.15, 0.2) is 18.3 Å². The van der Waals surface area contributed by atoms with Crippen molar-refractivity contribution < 1.29 is 10.4 Å². The molecule has 0 spiro atoms. The molecule has 0 saturated heterocycles. The van der Waals surface area contributed by atoms with Crippen LogP contribution in [0.25, 0.3) is 0 Å². The van der Waals surface area contributed by atoms with Crippen LogP contribution in [0.4, 0.5) is 5.82 Å². The number of rotatable bonds is 1. The zero-order valence-electron chi connectivity index (χ0n) is 4.90. The molecule has 0 fully saturated rings. The van der Waals surface area contributed by atoms with Gasteiger partial charge in [0, 0.05) is 6.20 Å². The lowest BCUT2D eigenvalue weighted by Crippen LogP contribution is -2.12. The van der Waals surface area contributed by atoms with Crippen LogP contribution in [0, 0.1) is 0 Å². The number of halogens is 1. The summed E-state index contributed by atoms with van der Waals surface area (Å²) >= 11 is 5.47. The van der Waals surface area contributed by atoms with Gasteiger partial charge in [-0.1, -0.05) is 11.6 Å². The second-order valence-electron chi connectivity index (χ2n) is 1.62. The Morgan fingerprint density at radius 1 is 1.40 bits per heavy atom. The fourth-order valence-electron chi connectivity index (χ4n) is 0.486. The van der Waals surface area contributed by atoms with Gasteiger partial charge in [0.25, 0.3) is 0 Å². The fraction of sp³-hybridized carbons (Fsp3) is 0. The van der Waals surface area contributed by atoms with Crippen molar-refractivity contribution in [3.63, 3.8) is 0 Å². The SMILES string of the molecule is ON(O)c1ccc(Cl)cn1. The van der Waals surface area contributed by atoms with Crippen molar-refractivity contribution in [1.82, 2.24) is 4.98 Å². The molecule has 0 aliphatic carbocycles. The second kappa shape index (κ2) is 2.83. The maximum absolute atomic E-state index is 8.40. The van der Waals surface area contributed by atoms with E-state index in [1.807, 2.05) is 0 Å². The van der Waals surface area contributed by atoms with E-state index in [2.05, 4.69) is 4.98 Å². The topological polar surface area (TPSA) is 56.6 Å². The number of aromatic nitrogens is 1. The Balaban J connectivity index is 2.89. The molecule has 4 nitrogen and oxygen atoms in total. The minimum absolute atomic E-state index is 0.0319. The Labute approximate surface area is 62.2 Å². The van der Waals surface area contributed by atoms with Gasteiger partial charge in [-0.05, 0) is 12.1 Å². The van der Waals surface area contributed by atoms with Crippen molar-refractivity contribution in [2.45, 2.75) is 0 Å². The van der Waals surface area contributed by atoms with Gasteiger partial charge < -0.3 is 0 Å². The summed E-state index contributed by atoms with van der Waals surface area (Å²) in [6.45, 7) is 0. The molecule has 0 aromatic carbocycles. The van der Waals surface area contributed by atoms with E-state index in [1.165, 1.54) is 18.3 Å². The van der Waals surface area contributed by atoms with Crippen molar-refractivity contribution in [2.24, 2.45) is 0 Å². The van der Waals surface area contributed by atoms with Gasteiger partial charge in [0.1, 0.15) is 0 Å². The molecule has 1 aromatic heterocycles. The number of hydrogen-bond donors (Lipinski definition) is 2. The first kappa shape index (κ1) is 7.27. The number of hydrogen-bond acceptors (Lipinski definition) is 4. The van der Waals surface area contributed by atoms with Gasteiger partial charge in [-0.3, -0.25) is 10.4 Å². The van der Waals surface area contributed by atoms with Gasteiger partial charge >= 0.3 is 0 Å². The van der Waals surface area contributed by atoms with E-state index in [-0.39, 0.29) is 11.0 Å². The maximum atomic E-state index is 8.40. The van der Waals surface area contributed by atoms with E-state index in [4.69, 9.17) is 22.0 Å². The van der Waals surface area contributed by atoms with Crippen molar-refractivity contribution in [3.05, 3.63) is 23.4 Å². The van der Waals surface area contributed by atoms with Gasteiger partial charge in [0.2, 0.25) is 0 Å². The molecule has 0 amide bonds. The van der Waals surface area contributed by atoms with Crippen LogP contribution < -0.4 is 5.23 Å². The molecule has 10 heavy (non-hydrogen) atoms. The van der Waals surface area contributed by atoms with Crippen molar-refractivity contribution in [2.75, 3.05) is 5.23 Å². The molecule has 0 radical (unpaired) electrons. The molecule has 0 bridgehead atoms. The fourth-order valence-corrected chi connectivity index (χ4v) is 0.598.